The highest BCUT2D eigenvalue weighted by molar-refractivity contribution is 5.78. The van der Waals surface area contributed by atoms with Crippen molar-refractivity contribution >= 4 is 22.8 Å². The fraction of sp³-hybridized carbons (Fsp3) is 0.417. The molecule has 0 spiro atoms. The highest BCUT2D eigenvalue weighted by Gasteiger charge is 2.29. The number of hydrogen-bond acceptors (Lipinski definition) is 5. The number of nitrogens with one attached hydrogen (secondary N) is 1. The van der Waals surface area contributed by atoms with Crippen molar-refractivity contribution in [2.45, 2.75) is 25.0 Å². The maximum atomic E-state index is 5.68. The predicted molar refractivity (Wildman–Crippen MR) is 65.9 cm³/mol. The van der Waals surface area contributed by atoms with Crippen LogP contribution < -0.4 is 11.1 Å². The summed E-state index contributed by atoms with van der Waals surface area (Å²) in [4.78, 5) is 4.35. The number of nitrogen functional groups attached to an aromatic ring is 1. The fourth-order valence-corrected chi connectivity index (χ4v) is 2.05. The summed E-state index contributed by atoms with van der Waals surface area (Å²) in [5, 5.41) is 3.25. The van der Waals surface area contributed by atoms with Gasteiger partial charge in [0.2, 0.25) is 0 Å². The molecule has 1 fully saturated rings. The number of nitrogens with two attached hydrogens (primary N) is 1. The second-order valence-corrected chi connectivity index (χ2v) is 4.42. The fourth-order valence-electron chi connectivity index (χ4n) is 2.05. The van der Waals surface area contributed by atoms with E-state index in [9.17, 15) is 0 Å². The topological polar surface area (TPSA) is 73.3 Å². The van der Waals surface area contributed by atoms with E-state index in [0.717, 1.165) is 23.9 Å². The zero-order valence-electron chi connectivity index (χ0n) is 9.64. The number of nitrogens with zero attached hydrogens (tertiary/aromatic N) is 1. The van der Waals surface area contributed by atoms with E-state index in [4.69, 9.17) is 14.9 Å². The number of rotatable bonds is 3. The van der Waals surface area contributed by atoms with Gasteiger partial charge in [0.15, 0.2) is 5.58 Å². The van der Waals surface area contributed by atoms with Crippen LogP contribution in [0.25, 0.3) is 11.1 Å². The lowest BCUT2D eigenvalue weighted by Crippen LogP contribution is -2.40. The summed E-state index contributed by atoms with van der Waals surface area (Å²) in [6.07, 6.45) is 2.36. The molecule has 1 aromatic carbocycles. The van der Waals surface area contributed by atoms with Gasteiger partial charge >= 0.3 is 0 Å². The van der Waals surface area contributed by atoms with Crippen LogP contribution in [-0.4, -0.2) is 24.2 Å². The first-order valence-electron chi connectivity index (χ1n) is 5.70. The van der Waals surface area contributed by atoms with Crippen LogP contribution in [0.2, 0.25) is 0 Å². The van der Waals surface area contributed by atoms with Crippen LogP contribution in [-0.2, 0) is 4.74 Å². The molecule has 2 aromatic rings. The number of oxazole rings is 1. The standard InChI is InChI=1S/C12H15N3O2/c1-16-9-5-8(6-9)14-12-15-10-3-2-7(13)4-11(10)17-12/h2-4,8-9H,5-6,13H2,1H3,(H,14,15). The van der Waals surface area contributed by atoms with Crippen molar-refractivity contribution in [2.24, 2.45) is 0 Å². The summed E-state index contributed by atoms with van der Waals surface area (Å²) in [6, 6.07) is 6.42. The van der Waals surface area contributed by atoms with E-state index in [0.29, 0.717) is 23.8 Å². The number of fused-ring (bicyclic) bond motifs is 1. The number of methoxy groups -OCH3 is 1. The molecule has 17 heavy (non-hydrogen) atoms. The number of ether oxygens (including phenoxy) is 1. The molecular weight excluding hydrogens is 218 g/mol. The molecule has 1 heterocycles. The van der Waals surface area contributed by atoms with Gasteiger partial charge in [0.25, 0.3) is 6.01 Å². The van der Waals surface area contributed by atoms with Crippen LogP contribution >= 0.6 is 0 Å². The Labute approximate surface area is 98.9 Å². The van der Waals surface area contributed by atoms with Gasteiger partial charge in [0.05, 0.1) is 6.10 Å². The Morgan fingerprint density at radius 2 is 2.29 bits per heavy atom. The Kier molecular flexibility index (Phi) is 2.40. The van der Waals surface area contributed by atoms with E-state index < -0.39 is 0 Å². The van der Waals surface area contributed by atoms with Gasteiger partial charge in [-0.25, -0.2) is 0 Å². The molecule has 1 aromatic heterocycles. The molecule has 5 nitrogen and oxygen atoms in total. The second-order valence-electron chi connectivity index (χ2n) is 4.42. The smallest absolute Gasteiger partial charge is 0.295 e. The van der Waals surface area contributed by atoms with Crippen molar-refractivity contribution in [1.29, 1.82) is 0 Å². The summed E-state index contributed by atoms with van der Waals surface area (Å²) in [5.41, 5.74) is 7.91. The Hall–Kier alpha value is -1.75. The van der Waals surface area contributed by atoms with Gasteiger partial charge in [0, 0.05) is 24.9 Å². The average Bonchev–Trinajstić information content (AvgIpc) is 2.64. The number of aromatic nitrogens is 1. The Bertz CT molecular complexity index is 532. The first-order valence-corrected chi connectivity index (χ1v) is 5.70. The van der Waals surface area contributed by atoms with Crippen molar-refractivity contribution in [2.75, 3.05) is 18.2 Å². The minimum Gasteiger partial charge on any atom is -0.423 e. The number of benzene rings is 1. The van der Waals surface area contributed by atoms with E-state index in [1.807, 2.05) is 12.1 Å². The minimum absolute atomic E-state index is 0.368. The maximum absolute atomic E-state index is 5.68. The normalized spacial score (nSPS) is 23.6. The molecular formula is C12H15N3O2. The van der Waals surface area contributed by atoms with Crippen molar-refractivity contribution < 1.29 is 9.15 Å². The van der Waals surface area contributed by atoms with Crippen LogP contribution in [0.1, 0.15) is 12.8 Å². The third kappa shape index (κ3) is 1.93. The maximum Gasteiger partial charge on any atom is 0.295 e. The molecule has 5 heteroatoms. The van der Waals surface area contributed by atoms with Gasteiger partial charge in [-0.1, -0.05) is 0 Å². The van der Waals surface area contributed by atoms with Crippen LogP contribution in [0, 0.1) is 0 Å². The molecule has 0 saturated heterocycles. The van der Waals surface area contributed by atoms with Crippen molar-refractivity contribution in [3.05, 3.63) is 18.2 Å². The largest absolute Gasteiger partial charge is 0.423 e. The molecule has 1 aliphatic rings. The molecule has 3 rings (SSSR count). The molecule has 90 valence electrons. The Morgan fingerprint density at radius 1 is 1.47 bits per heavy atom. The lowest BCUT2D eigenvalue weighted by molar-refractivity contribution is 0.0323. The van der Waals surface area contributed by atoms with Gasteiger partial charge < -0.3 is 20.2 Å². The molecule has 0 unspecified atom stereocenters. The predicted octanol–water partition coefficient (Wildman–Crippen LogP) is 2.00. The van der Waals surface area contributed by atoms with Crippen LogP contribution in [0.15, 0.2) is 22.6 Å². The van der Waals surface area contributed by atoms with Gasteiger partial charge in [-0.15, -0.1) is 0 Å². The van der Waals surface area contributed by atoms with E-state index in [1.54, 1.807) is 13.2 Å². The van der Waals surface area contributed by atoms with Crippen LogP contribution in [0.3, 0.4) is 0 Å². The van der Waals surface area contributed by atoms with Crippen LogP contribution in [0.5, 0.6) is 0 Å². The lowest BCUT2D eigenvalue weighted by atomic mass is 9.89. The van der Waals surface area contributed by atoms with Gasteiger partial charge in [0.1, 0.15) is 5.52 Å². The third-order valence-electron chi connectivity index (χ3n) is 3.17. The van der Waals surface area contributed by atoms with Crippen molar-refractivity contribution in [1.82, 2.24) is 4.98 Å². The van der Waals surface area contributed by atoms with Gasteiger partial charge in [-0.2, -0.15) is 4.98 Å². The van der Waals surface area contributed by atoms with Gasteiger partial charge in [-0.3, -0.25) is 0 Å². The van der Waals surface area contributed by atoms with E-state index >= 15 is 0 Å². The monoisotopic (exact) mass is 233 g/mol. The molecule has 0 aliphatic heterocycles. The molecule has 0 amide bonds. The summed E-state index contributed by atoms with van der Waals surface area (Å²) in [6.45, 7) is 0. The number of anilines is 2. The summed E-state index contributed by atoms with van der Waals surface area (Å²) in [7, 11) is 1.74. The molecule has 0 atom stereocenters. The van der Waals surface area contributed by atoms with Crippen LogP contribution in [0.4, 0.5) is 11.7 Å². The zero-order valence-corrected chi connectivity index (χ0v) is 9.64. The first-order chi connectivity index (χ1) is 8.24. The van der Waals surface area contributed by atoms with E-state index in [1.165, 1.54) is 0 Å². The van der Waals surface area contributed by atoms with E-state index in [2.05, 4.69) is 10.3 Å². The van der Waals surface area contributed by atoms with Crippen molar-refractivity contribution in [3.8, 4) is 0 Å². The second kappa shape index (κ2) is 3.92. The molecule has 1 saturated carbocycles. The molecule has 0 bridgehead atoms. The first kappa shape index (κ1) is 10.4. The molecule has 0 radical (unpaired) electrons. The average molecular weight is 233 g/mol. The molecule has 3 N–H and O–H groups in total. The Balaban J connectivity index is 1.73. The minimum atomic E-state index is 0.368. The number of hydrogen-bond donors (Lipinski definition) is 2. The summed E-state index contributed by atoms with van der Waals surface area (Å²) < 4.78 is 10.8. The molecule has 1 aliphatic carbocycles. The zero-order chi connectivity index (χ0) is 11.8. The third-order valence-corrected chi connectivity index (χ3v) is 3.17. The highest BCUT2D eigenvalue weighted by atomic mass is 16.5. The highest BCUT2D eigenvalue weighted by Crippen LogP contribution is 2.28. The Morgan fingerprint density at radius 3 is 3.06 bits per heavy atom. The lowest BCUT2D eigenvalue weighted by Gasteiger charge is -2.33. The van der Waals surface area contributed by atoms with E-state index in [-0.39, 0.29) is 0 Å². The van der Waals surface area contributed by atoms with Gasteiger partial charge in [-0.05, 0) is 25.0 Å². The SMILES string of the molecule is COC1CC(Nc2nc3ccc(N)cc3o2)C1. The summed E-state index contributed by atoms with van der Waals surface area (Å²) >= 11 is 0. The summed E-state index contributed by atoms with van der Waals surface area (Å²) in [5.74, 6) is 0. The quantitative estimate of drug-likeness (QED) is 0.793. The van der Waals surface area contributed by atoms with Crippen molar-refractivity contribution in [3.63, 3.8) is 0 Å².